The maximum atomic E-state index is 12.7. The normalized spacial score (nSPS) is 14.0. The van der Waals surface area contributed by atoms with Gasteiger partial charge in [0.15, 0.2) is 0 Å². The van der Waals surface area contributed by atoms with Gasteiger partial charge in [0.05, 0.1) is 11.7 Å². The molecule has 2 aromatic rings. The van der Waals surface area contributed by atoms with Crippen molar-refractivity contribution in [2.45, 2.75) is 52.7 Å². The summed E-state index contributed by atoms with van der Waals surface area (Å²) < 4.78 is 28.5. The SMILES string of the molecule is CCn1ccc(C(C)NC(=O)C(C)n2nc(C(F)F)cc2C)n1. The minimum absolute atomic E-state index is 0.275. The number of carbonyl (C=O) groups excluding carboxylic acids is 1. The molecule has 2 rings (SSSR count). The van der Waals surface area contributed by atoms with Gasteiger partial charge in [-0.3, -0.25) is 14.2 Å². The molecule has 0 saturated heterocycles. The van der Waals surface area contributed by atoms with E-state index in [0.717, 1.165) is 12.2 Å². The average molecular weight is 325 g/mol. The summed E-state index contributed by atoms with van der Waals surface area (Å²) in [6, 6.07) is 2.18. The molecule has 0 bridgehead atoms. The molecule has 126 valence electrons. The zero-order valence-electron chi connectivity index (χ0n) is 13.6. The first-order chi connectivity index (χ1) is 10.8. The first-order valence-electron chi connectivity index (χ1n) is 7.51. The van der Waals surface area contributed by atoms with Crippen molar-refractivity contribution >= 4 is 5.91 Å². The number of hydrogen-bond acceptors (Lipinski definition) is 3. The van der Waals surface area contributed by atoms with Crippen LogP contribution in [0.4, 0.5) is 8.78 Å². The summed E-state index contributed by atoms with van der Waals surface area (Å²) in [5, 5.41) is 11.0. The second kappa shape index (κ2) is 6.89. The molecule has 0 spiro atoms. The standard InChI is InChI=1S/C15H21F2N5O/c1-5-21-7-6-12(19-21)10(3)18-15(23)11(4)22-9(2)8-13(20-22)14(16)17/h6-8,10-11,14H,5H2,1-4H3,(H,18,23). The molecule has 2 atom stereocenters. The van der Waals surface area contributed by atoms with Crippen LogP contribution in [0.15, 0.2) is 18.3 Å². The molecule has 0 saturated carbocycles. The van der Waals surface area contributed by atoms with Crippen molar-refractivity contribution < 1.29 is 13.6 Å². The Labute approximate surface area is 133 Å². The summed E-state index contributed by atoms with van der Waals surface area (Å²) >= 11 is 0. The molecule has 0 aliphatic carbocycles. The van der Waals surface area contributed by atoms with Crippen LogP contribution in [0.5, 0.6) is 0 Å². The minimum atomic E-state index is -2.65. The van der Waals surface area contributed by atoms with E-state index >= 15 is 0 Å². The molecule has 1 N–H and O–H groups in total. The van der Waals surface area contributed by atoms with Gasteiger partial charge in [-0.05, 0) is 39.8 Å². The van der Waals surface area contributed by atoms with Crippen LogP contribution < -0.4 is 5.32 Å². The van der Waals surface area contributed by atoms with E-state index in [4.69, 9.17) is 0 Å². The van der Waals surface area contributed by atoms with Gasteiger partial charge in [-0.25, -0.2) is 8.78 Å². The number of nitrogens with one attached hydrogen (secondary N) is 1. The van der Waals surface area contributed by atoms with Crippen molar-refractivity contribution in [2.24, 2.45) is 0 Å². The summed E-state index contributed by atoms with van der Waals surface area (Å²) in [7, 11) is 0. The third kappa shape index (κ3) is 3.75. The fourth-order valence-corrected chi connectivity index (χ4v) is 2.31. The lowest BCUT2D eigenvalue weighted by molar-refractivity contribution is -0.124. The number of amides is 1. The lowest BCUT2D eigenvalue weighted by Crippen LogP contribution is -2.34. The molecular weight excluding hydrogens is 304 g/mol. The average Bonchev–Trinajstić information content (AvgIpc) is 3.12. The van der Waals surface area contributed by atoms with E-state index in [0.29, 0.717) is 5.69 Å². The summed E-state index contributed by atoms with van der Waals surface area (Å²) in [5.74, 6) is -0.296. The molecule has 2 unspecified atom stereocenters. The van der Waals surface area contributed by atoms with Gasteiger partial charge < -0.3 is 5.32 Å². The number of hydrogen-bond donors (Lipinski definition) is 1. The highest BCUT2D eigenvalue weighted by molar-refractivity contribution is 5.80. The third-order valence-electron chi connectivity index (χ3n) is 3.70. The number of rotatable bonds is 6. The highest BCUT2D eigenvalue weighted by atomic mass is 19.3. The largest absolute Gasteiger partial charge is 0.346 e. The molecule has 2 heterocycles. The monoisotopic (exact) mass is 325 g/mol. The predicted octanol–water partition coefficient (Wildman–Crippen LogP) is 2.78. The Bertz CT molecular complexity index is 679. The van der Waals surface area contributed by atoms with Crippen LogP contribution in [-0.2, 0) is 11.3 Å². The summed E-state index contributed by atoms with van der Waals surface area (Å²) in [4.78, 5) is 12.3. The maximum absolute atomic E-state index is 12.7. The van der Waals surface area contributed by atoms with Gasteiger partial charge >= 0.3 is 0 Å². The third-order valence-corrected chi connectivity index (χ3v) is 3.70. The molecule has 0 fully saturated rings. The molecule has 8 heteroatoms. The van der Waals surface area contributed by atoms with Crippen molar-refractivity contribution in [1.82, 2.24) is 24.9 Å². The first-order valence-corrected chi connectivity index (χ1v) is 7.51. The van der Waals surface area contributed by atoms with E-state index in [9.17, 15) is 13.6 Å². The fraction of sp³-hybridized carbons (Fsp3) is 0.533. The molecule has 2 aromatic heterocycles. The van der Waals surface area contributed by atoms with Crippen LogP contribution in [0.3, 0.4) is 0 Å². The van der Waals surface area contributed by atoms with Crippen LogP contribution in [-0.4, -0.2) is 25.5 Å². The fourth-order valence-electron chi connectivity index (χ4n) is 2.31. The molecule has 0 aliphatic heterocycles. The first kappa shape index (κ1) is 17.1. The molecule has 1 amide bonds. The molecule has 6 nitrogen and oxygen atoms in total. The zero-order chi connectivity index (χ0) is 17.1. The van der Waals surface area contributed by atoms with Crippen molar-refractivity contribution in [1.29, 1.82) is 0 Å². The maximum Gasteiger partial charge on any atom is 0.282 e. The van der Waals surface area contributed by atoms with Crippen molar-refractivity contribution in [3.8, 4) is 0 Å². The van der Waals surface area contributed by atoms with Crippen LogP contribution in [0.1, 0.15) is 56.4 Å². The van der Waals surface area contributed by atoms with Gasteiger partial charge in [0.2, 0.25) is 5.91 Å². The highest BCUT2D eigenvalue weighted by Gasteiger charge is 2.23. The molecular formula is C15H21F2N5O. The Morgan fingerprint density at radius 2 is 2.00 bits per heavy atom. The number of carbonyl (C=O) groups is 1. The Balaban J connectivity index is 2.07. The Morgan fingerprint density at radius 1 is 1.30 bits per heavy atom. The summed E-state index contributed by atoms with van der Waals surface area (Å²) in [5.41, 5.74) is 0.945. The number of halogens is 2. The molecule has 0 radical (unpaired) electrons. The van der Waals surface area contributed by atoms with E-state index in [-0.39, 0.29) is 17.6 Å². The number of aromatic nitrogens is 4. The Hall–Kier alpha value is -2.25. The quantitative estimate of drug-likeness (QED) is 0.888. The number of alkyl halides is 2. The van der Waals surface area contributed by atoms with E-state index in [2.05, 4.69) is 15.5 Å². The predicted molar refractivity (Wildman–Crippen MR) is 81.1 cm³/mol. The van der Waals surface area contributed by atoms with Crippen LogP contribution in [0, 0.1) is 6.92 Å². The van der Waals surface area contributed by atoms with Gasteiger partial charge in [-0.1, -0.05) is 0 Å². The number of aryl methyl sites for hydroxylation is 2. The minimum Gasteiger partial charge on any atom is -0.346 e. The van der Waals surface area contributed by atoms with E-state index in [1.54, 1.807) is 18.5 Å². The lowest BCUT2D eigenvalue weighted by Gasteiger charge is -2.17. The lowest BCUT2D eigenvalue weighted by atomic mass is 10.2. The summed E-state index contributed by atoms with van der Waals surface area (Å²) in [6.07, 6.45) is -0.810. The van der Waals surface area contributed by atoms with E-state index < -0.39 is 12.5 Å². The van der Waals surface area contributed by atoms with Gasteiger partial charge in [0.1, 0.15) is 11.7 Å². The van der Waals surface area contributed by atoms with Crippen molar-refractivity contribution in [3.63, 3.8) is 0 Å². The second-order valence-corrected chi connectivity index (χ2v) is 5.46. The van der Waals surface area contributed by atoms with Gasteiger partial charge in [0.25, 0.3) is 6.43 Å². The highest BCUT2D eigenvalue weighted by Crippen LogP contribution is 2.21. The second-order valence-electron chi connectivity index (χ2n) is 5.46. The Morgan fingerprint density at radius 3 is 2.52 bits per heavy atom. The molecule has 0 aliphatic rings. The van der Waals surface area contributed by atoms with Crippen molar-refractivity contribution in [2.75, 3.05) is 0 Å². The number of nitrogens with zero attached hydrogens (tertiary/aromatic N) is 4. The smallest absolute Gasteiger partial charge is 0.282 e. The van der Waals surface area contributed by atoms with Crippen LogP contribution in [0.2, 0.25) is 0 Å². The van der Waals surface area contributed by atoms with Crippen molar-refractivity contribution in [3.05, 3.63) is 35.4 Å². The summed E-state index contributed by atoms with van der Waals surface area (Å²) in [6.45, 7) is 7.83. The van der Waals surface area contributed by atoms with Gasteiger partial charge in [0, 0.05) is 18.4 Å². The molecule has 0 aromatic carbocycles. The van der Waals surface area contributed by atoms with Gasteiger partial charge in [-0.15, -0.1) is 0 Å². The Kier molecular flexibility index (Phi) is 5.12. The molecule has 23 heavy (non-hydrogen) atoms. The van der Waals surface area contributed by atoms with E-state index in [1.165, 1.54) is 10.7 Å². The van der Waals surface area contributed by atoms with Crippen LogP contribution in [0.25, 0.3) is 0 Å². The van der Waals surface area contributed by atoms with Gasteiger partial charge in [-0.2, -0.15) is 10.2 Å². The van der Waals surface area contributed by atoms with E-state index in [1.807, 2.05) is 26.1 Å². The zero-order valence-corrected chi connectivity index (χ0v) is 13.6. The topological polar surface area (TPSA) is 64.7 Å². The van der Waals surface area contributed by atoms with Crippen LogP contribution >= 0.6 is 0 Å².